The van der Waals surface area contributed by atoms with Crippen molar-refractivity contribution < 1.29 is 8.42 Å². The van der Waals surface area contributed by atoms with Crippen molar-refractivity contribution in [2.24, 2.45) is 0 Å². The van der Waals surface area contributed by atoms with Gasteiger partial charge in [-0.3, -0.25) is 4.68 Å². The summed E-state index contributed by atoms with van der Waals surface area (Å²) in [7, 11) is -3.48. The van der Waals surface area contributed by atoms with Crippen LogP contribution in [0, 0.1) is 0 Å². The van der Waals surface area contributed by atoms with Crippen LogP contribution in [0.3, 0.4) is 0 Å². The van der Waals surface area contributed by atoms with Gasteiger partial charge in [0.05, 0.1) is 4.90 Å². The number of hydrogen-bond donors (Lipinski definition) is 2. The average molecular weight is 280 g/mol. The Bertz CT molecular complexity index is 623. The van der Waals surface area contributed by atoms with Gasteiger partial charge in [-0.2, -0.15) is 5.10 Å². The largest absolute Gasteiger partial charge is 0.399 e. The topological polar surface area (TPSA) is 90.0 Å². The quantitative estimate of drug-likeness (QED) is 0.606. The molecule has 3 N–H and O–H groups in total. The first-order valence-electron chi connectivity index (χ1n) is 5.90. The van der Waals surface area contributed by atoms with Gasteiger partial charge in [0.1, 0.15) is 0 Å². The number of nitrogen functional groups attached to an aromatic ring is 1. The Morgan fingerprint density at radius 2 is 2.16 bits per heavy atom. The maximum Gasteiger partial charge on any atom is 0.240 e. The fourth-order valence-corrected chi connectivity index (χ4v) is 2.77. The van der Waals surface area contributed by atoms with Gasteiger partial charge in [0.2, 0.25) is 10.0 Å². The smallest absolute Gasteiger partial charge is 0.240 e. The van der Waals surface area contributed by atoms with Gasteiger partial charge in [0.25, 0.3) is 0 Å². The van der Waals surface area contributed by atoms with Crippen LogP contribution in [-0.4, -0.2) is 24.7 Å². The lowest BCUT2D eigenvalue weighted by atomic mass is 10.3. The van der Waals surface area contributed by atoms with E-state index in [4.69, 9.17) is 5.73 Å². The van der Waals surface area contributed by atoms with E-state index in [1.807, 2.05) is 12.3 Å². The molecule has 0 radical (unpaired) electrons. The molecule has 0 aliphatic heterocycles. The number of anilines is 1. The molecule has 0 saturated carbocycles. The highest BCUT2D eigenvalue weighted by Crippen LogP contribution is 2.12. The number of nitrogens with two attached hydrogens (primary N) is 1. The normalized spacial score (nSPS) is 11.6. The Kier molecular flexibility index (Phi) is 4.18. The Labute approximate surface area is 112 Å². The highest BCUT2D eigenvalue weighted by molar-refractivity contribution is 7.89. The van der Waals surface area contributed by atoms with Crippen molar-refractivity contribution in [2.75, 3.05) is 12.3 Å². The molecule has 102 valence electrons. The van der Waals surface area contributed by atoms with Crippen molar-refractivity contribution in [3.63, 3.8) is 0 Å². The Hall–Kier alpha value is -1.86. The highest BCUT2D eigenvalue weighted by Gasteiger charge is 2.12. The Morgan fingerprint density at radius 1 is 1.32 bits per heavy atom. The molecule has 0 spiro atoms. The van der Waals surface area contributed by atoms with Crippen molar-refractivity contribution >= 4 is 15.7 Å². The van der Waals surface area contributed by atoms with Crippen LogP contribution < -0.4 is 10.5 Å². The molecule has 0 saturated heterocycles. The minimum absolute atomic E-state index is 0.187. The second kappa shape index (κ2) is 5.85. The fourth-order valence-electron chi connectivity index (χ4n) is 1.65. The summed E-state index contributed by atoms with van der Waals surface area (Å²) in [6, 6.07) is 8.06. The molecule has 1 aromatic heterocycles. The summed E-state index contributed by atoms with van der Waals surface area (Å²) in [5, 5.41) is 4.04. The zero-order chi connectivity index (χ0) is 13.7. The number of aryl methyl sites for hydroxylation is 1. The zero-order valence-electron chi connectivity index (χ0n) is 10.4. The first kappa shape index (κ1) is 13.6. The van der Waals surface area contributed by atoms with Gasteiger partial charge in [-0.05, 0) is 30.7 Å². The van der Waals surface area contributed by atoms with E-state index < -0.39 is 10.0 Å². The standard InChI is InChI=1S/C12H16N4O2S/c13-11-4-1-5-12(10-11)19(17,18)15-7-3-9-16-8-2-6-14-16/h1-2,4-6,8,10,15H,3,7,9,13H2. The lowest BCUT2D eigenvalue weighted by Gasteiger charge is -2.07. The van der Waals surface area contributed by atoms with Crippen molar-refractivity contribution in [3.8, 4) is 0 Å². The van der Waals surface area contributed by atoms with Gasteiger partial charge < -0.3 is 5.73 Å². The zero-order valence-corrected chi connectivity index (χ0v) is 11.2. The maximum atomic E-state index is 12.0. The van der Waals surface area contributed by atoms with Crippen LogP contribution >= 0.6 is 0 Å². The van der Waals surface area contributed by atoms with Gasteiger partial charge in [-0.1, -0.05) is 6.07 Å². The molecule has 2 aromatic rings. The molecule has 0 amide bonds. The molecule has 1 heterocycles. The molecule has 7 heteroatoms. The maximum absolute atomic E-state index is 12.0. The highest BCUT2D eigenvalue weighted by atomic mass is 32.2. The van der Waals surface area contributed by atoms with Crippen molar-refractivity contribution in [3.05, 3.63) is 42.7 Å². The third-order valence-corrected chi connectivity index (χ3v) is 4.04. The second-order valence-corrected chi connectivity index (χ2v) is 5.86. The summed E-state index contributed by atoms with van der Waals surface area (Å²) in [6.45, 7) is 1.03. The number of hydrogen-bond acceptors (Lipinski definition) is 4. The summed E-state index contributed by atoms with van der Waals surface area (Å²) >= 11 is 0. The van der Waals surface area contributed by atoms with Crippen LogP contribution in [0.15, 0.2) is 47.6 Å². The summed E-state index contributed by atoms with van der Waals surface area (Å²) in [5.41, 5.74) is 6.00. The molecule has 6 nitrogen and oxygen atoms in total. The van der Waals surface area contributed by atoms with Crippen molar-refractivity contribution in [1.82, 2.24) is 14.5 Å². The first-order valence-corrected chi connectivity index (χ1v) is 7.39. The number of nitrogens with zero attached hydrogens (tertiary/aromatic N) is 2. The first-order chi connectivity index (χ1) is 9.08. The van der Waals surface area contributed by atoms with Crippen LogP contribution in [0.4, 0.5) is 5.69 Å². The molecule has 0 unspecified atom stereocenters. The Balaban J connectivity index is 1.88. The van der Waals surface area contributed by atoms with Gasteiger partial charge in [0.15, 0.2) is 0 Å². The number of sulfonamides is 1. The fraction of sp³-hybridized carbons (Fsp3) is 0.250. The predicted molar refractivity (Wildman–Crippen MR) is 72.9 cm³/mol. The predicted octanol–water partition coefficient (Wildman–Crippen LogP) is 0.834. The van der Waals surface area contributed by atoms with Crippen LogP contribution in [0.1, 0.15) is 6.42 Å². The van der Waals surface area contributed by atoms with Crippen molar-refractivity contribution in [2.45, 2.75) is 17.9 Å². The molecule has 2 rings (SSSR count). The van der Waals surface area contributed by atoms with Gasteiger partial charge in [0, 0.05) is 31.2 Å². The van der Waals surface area contributed by atoms with E-state index in [1.165, 1.54) is 12.1 Å². The van der Waals surface area contributed by atoms with E-state index in [2.05, 4.69) is 9.82 Å². The number of rotatable bonds is 6. The molecule has 0 fully saturated rings. The molecule has 19 heavy (non-hydrogen) atoms. The van der Waals surface area contributed by atoms with Crippen LogP contribution in [0.25, 0.3) is 0 Å². The molecular weight excluding hydrogens is 264 g/mol. The van der Waals surface area contributed by atoms with Crippen LogP contribution in [0.2, 0.25) is 0 Å². The van der Waals surface area contributed by atoms with Crippen molar-refractivity contribution in [1.29, 1.82) is 0 Å². The minimum atomic E-state index is -3.48. The van der Waals surface area contributed by atoms with E-state index >= 15 is 0 Å². The third kappa shape index (κ3) is 3.80. The number of aromatic nitrogens is 2. The molecule has 1 aromatic carbocycles. The lowest BCUT2D eigenvalue weighted by Crippen LogP contribution is -2.25. The SMILES string of the molecule is Nc1cccc(S(=O)(=O)NCCCn2cccn2)c1. The second-order valence-electron chi connectivity index (χ2n) is 4.09. The Morgan fingerprint density at radius 3 is 2.84 bits per heavy atom. The molecule has 0 bridgehead atoms. The number of nitrogens with one attached hydrogen (secondary N) is 1. The van der Waals surface area contributed by atoms with Crippen LogP contribution in [0.5, 0.6) is 0 Å². The van der Waals surface area contributed by atoms with E-state index in [0.29, 0.717) is 25.2 Å². The lowest BCUT2D eigenvalue weighted by molar-refractivity contribution is 0.553. The third-order valence-electron chi connectivity index (χ3n) is 2.58. The summed E-state index contributed by atoms with van der Waals surface area (Å²) < 4.78 is 28.2. The summed E-state index contributed by atoms with van der Waals surface area (Å²) in [6.07, 6.45) is 4.20. The van der Waals surface area contributed by atoms with E-state index in [0.717, 1.165) is 0 Å². The number of benzene rings is 1. The van der Waals surface area contributed by atoms with E-state index in [1.54, 1.807) is 23.0 Å². The molecule has 0 aliphatic rings. The molecule has 0 atom stereocenters. The van der Waals surface area contributed by atoms with Gasteiger partial charge in [-0.25, -0.2) is 13.1 Å². The average Bonchev–Trinajstić information content (AvgIpc) is 2.88. The summed E-state index contributed by atoms with van der Waals surface area (Å²) in [5.74, 6) is 0. The summed E-state index contributed by atoms with van der Waals surface area (Å²) in [4.78, 5) is 0.187. The van der Waals surface area contributed by atoms with Crippen LogP contribution in [-0.2, 0) is 16.6 Å². The minimum Gasteiger partial charge on any atom is -0.399 e. The molecular formula is C12H16N4O2S. The van der Waals surface area contributed by atoms with E-state index in [-0.39, 0.29) is 4.90 Å². The van der Waals surface area contributed by atoms with Gasteiger partial charge in [-0.15, -0.1) is 0 Å². The molecule has 0 aliphatic carbocycles. The monoisotopic (exact) mass is 280 g/mol. The van der Waals surface area contributed by atoms with E-state index in [9.17, 15) is 8.42 Å². The van der Waals surface area contributed by atoms with Gasteiger partial charge >= 0.3 is 0 Å².